The number of aryl methyl sites for hydroxylation is 1. The Labute approximate surface area is 132 Å². The standard InChI is InChI=1S/C18H29NOS/c1-3-15-10-12-16(13-11-15)18(19-4-2)14-21(20)17-8-6-5-7-9-17/h10-13,17-19H,3-9,14H2,1-2H3. The molecule has 0 aliphatic heterocycles. The van der Waals surface area contributed by atoms with Crippen LogP contribution in [0.15, 0.2) is 24.3 Å². The molecule has 118 valence electrons. The summed E-state index contributed by atoms with van der Waals surface area (Å²) in [5.74, 6) is 0.754. The Bertz CT molecular complexity index is 437. The van der Waals surface area contributed by atoms with Gasteiger partial charge in [-0.25, -0.2) is 0 Å². The van der Waals surface area contributed by atoms with Crippen molar-refractivity contribution in [2.24, 2.45) is 0 Å². The molecule has 2 unspecified atom stereocenters. The molecule has 1 saturated carbocycles. The van der Waals surface area contributed by atoms with E-state index in [1.807, 2.05) is 0 Å². The summed E-state index contributed by atoms with van der Waals surface area (Å²) >= 11 is 0. The fourth-order valence-corrected chi connectivity index (χ4v) is 4.90. The molecule has 0 bridgehead atoms. The highest BCUT2D eigenvalue weighted by atomic mass is 32.2. The van der Waals surface area contributed by atoms with E-state index in [4.69, 9.17) is 0 Å². The Morgan fingerprint density at radius 2 is 1.81 bits per heavy atom. The molecule has 21 heavy (non-hydrogen) atoms. The predicted molar refractivity (Wildman–Crippen MR) is 92.1 cm³/mol. The van der Waals surface area contributed by atoms with Gasteiger partial charge in [-0.2, -0.15) is 0 Å². The molecule has 2 nitrogen and oxygen atoms in total. The molecule has 2 atom stereocenters. The summed E-state index contributed by atoms with van der Waals surface area (Å²) in [5, 5.41) is 3.94. The van der Waals surface area contributed by atoms with Crippen molar-refractivity contribution in [2.75, 3.05) is 12.3 Å². The van der Waals surface area contributed by atoms with Crippen molar-refractivity contribution in [3.63, 3.8) is 0 Å². The third-order valence-corrected chi connectivity index (χ3v) is 6.37. The zero-order valence-corrected chi connectivity index (χ0v) is 14.3. The molecule has 3 heteroatoms. The summed E-state index contributed by atoms with van der Waals surface area (Å²) in [7, 11) is -0.708. The van der Waals surface area contributed by atoms with Crippen molar-refractivity contribution in [3.8, 4) is 0 Å². The Morgan fingerprint density at radius 1 is 1.14 bits per heavy atom. The normalized spacial score (nSPS) is 19.3. The highest BCUT2D eigenvalue weighted by Crippen LogP contribution is 2.25. The van der Waals surface area contributed by atoms with E-state index >= 15 is 0 Å². The van der Waals surface area contributed by atoms with Gasteiger partial charge in [0.25, 0.3) is 0 Å². The first-order valence-electron chi connectivity index (χ1n) is 8.44. The SMILES string of the molecule is CCNC(CS(=O)C1CCCCC1)c1ccc(CC)cc1. The van der Waals surface area contributed by atoms with Gasteiger partial charge in [0, 0.05) is 27.8 Å². The highest BCUT2D eigenvalue weighted by Gasteiger charge is 2.23. The molecule has 1 aliphatic rings. The van der Waals surface area contributed by atoms with Crippen LogP contribution in [0.2, 0.25) is 0 Å². The van der Waals surface area contributed by atoms with Gasteiger partial charge in [0.05, 0.1) is 0 Å². The first-order chi connectivity index (χ1) is 10.2. The van der Waals surface area contributed by atoms with Crippen LogP contribution < -0.4 is 5.32 Å². The van der Waals surface area contributed by atoms with Crippen LogP contribution in [-0.2, 0) is 17.2 Å². The monoisotopic (exact) mass is 307 g/mol. The van der Waals surface area contributed by atoms with Crippen molar-refractivity contribution >= 4 is 10.8 Å². The third-order valence-electron chi connectivity index (χ3n) is 4.50. The van der Waals surface area contributed by atoms with E-state index in [-0.39, 0.29) is 6.04 Å². The van der Waals surface area contributed by atoms with Crippen molar-refractivity contribution in [3.05, 3.63) is 35.4 Å². The van der Waals surface area contributed by atoms with Gasteiger partial charge in [-0.1, -0.05) is 57.4 Å². The lowest BCUT2D eigenvalue weighted by Crippen LogP contribution is -2.30. The highest BCUT2D eigenvalue weighted by molar-refractivity contribution is 7.85. The lowest BCUT2D eigenvalue weighted by atomic mass is 10.0. The van der Waals surface area contributed by atoms with E-state index in [2.05, 4.69) is 43.4 Å². The molecular formula is C18H29NOS. The molecule has 0 saturated heterocycles. The molecule has 0 radical (unpaired) electrons. The van der Waals surface area contributed by atoms with Crippen LogP contribution in [-0.4, -0.2) is 21.8 Å². The van der Waals surface area contributed by atoms with Crippen molar-refractivity contribution < 1.29 is 4.21 Å². The number of rotatable bonds is 7. The minimum absolute atomic E-state index is 0.226. The van der Waals surface area contributed by atoms with Crippen molar-refractivity contribution in [1.82, 2.24) is 5.32 Å². The van der Waals surface area contributed by atoms with Crippen LogP contribution in [0.1, 0.15) is 63.1 Å². The largest absolute Gasteiger partial charge is 0.309 e. The molecule has 1 aromatic carbocycles. The maximum Gasteiger partial charge on any atom is 0.0436 e. The first kappa shape index (κ1) is 16.7. The van der Waals surface area contributed by atoms with Crippen LogP contribution >= 0.6 is 0 Å². The average molecular weight is 308 g/mol. The maximum absolute atomic E-state index is 12.7. The van der Waals surface area contributed by atoms with E-state index in [0.717, 1.165) is 31.6 Å². The minimum atomic E-state index is -0.708. The molecule has 2 rings (SSSR count). The molecule has 0 heterocycles. The minimum Gasteiger partial charge on any atom is -0.309 e. The first-order valence-corrected chi connectivity index (χ1v) is 9.82. The second kappa shape index (κ2) is 8.70. The fraction of sp³-hybridized carbons (Fsp3) is 0.667. The second-order valence-electron chi connectivity index (χ2n) is 6.01. The number of hydrogen-bond acceptors (Lipinski definition) is 2. The maximum atomic E-state index is 12.7. The van der Waals surface area contributed by atoms with Crippen LogP contribution in [0.25, 0.3) is 0 Å². The van der Waals surface area contributed by atoms with E-state index in [0.29, 0.717) is 5.25 Å². The van der Waals surface area contributed by atoms with Crippen LogP contribution in [0, 0.1) is 0 Å². The lowest BCUT2D eigenvalue weighted by molar-refractivity contribution is 0.501. The van der Waals surface area contributed by atoms with Gasteiger partial charge >= 0.3 is 0 Å². The van der Waals surface area contributed by atoms with Gasteiger partial charge in [0.2, 0.25) is 0 Å². The topological polar surface area (TPSA) is 29.1 Å². The summed E-state index contributed by atoms with van der Waals surface area (Å²) in [6, 6.07) is 9.02. The lowest BCUT2D eigenvalue weighted by Gasteiger charge is -2.24. The van der Waals surface area contributed by atoms with E-state index in [9.17, 15) is 4.21 Å². The van der Waals surface area contributed by atoms with E-state index in [1.54, 1.807) is 0 Å². The molecule has 1 aromatic rings. The van der Waals surface area contributed by atoms with Gasteiger partial charge in [-0.15, -0.1) is 0 Å². The van der Waals surface area contributed by atoms with Crippen molar-refractivity contribution in [2.45, 2.75) is 63.7 Å². The number of nitrogens with one attached hydrogen (secondary N) is 1. The Hall–Kier alpha value is -0.670. The Kier molecular flexibility index (Phi) is 6.91. The molecule has 1 N–H and O–H groups in total. The third kappa shape index (κ3) is 4.93. The molecule has 0 amide bonds. The summed E-state index contributed by atoms with van der Waals surface area (Å²) < 4.78 is 12.7. The smallest absolute Gasteiger partial charge is 0.0436 e. The molecule has 1 aliphatic carbocycles. The fourth-order valence-electron chi connectivity index (χ4n) is 3.13. The predicted octanol–water partition coefficient (Wildman–Crippen LogP) is 3.98. The average Bonchev–Trinajstić information content (AvgIpc) is 2.55. The summed E-state index contributed by atoms with van der Waals surface area (Å²) in [4.78, 5) is 0. The van der Waals surface area contributed by atoms with E-state index in [1.165, 1.54) is 30.4 Å². The Morgan fingerprint density at radius 3 is 2.38 bits per heavy atom. The van der Waals surface area contributed by atoms with Gasteiger partial charge in [-0.05, 0) is 36.9 Å². The van der Waals surface area contributed by atoms with E-state index < -0.39 is 10.8 Å². The van der Waals surface area contributed by atoms with Gasteiger partial charge < -0.3 is 5.32 Å². The Balaban J connectivity index is 2.01. The zero-order chi connectivity index (χ0) is 15.1. The molecule has 0 spiro atoms. The molecule has 0 aromatic heterocycles. The van der Waals surface area contributed by atoms with Gasteiger partial charge in [0.1, 0.15) is 0 Å². The van der Waals surface area contributed by atoms with Gasteiger partial charge in [-0.3, -0.25) is 4.21 Å². The summed E-state index contributed by atoms with van der Waals surface area (Å²) in [5.41, 5.74) is 2.64. The van der Waals surface area contributed by atoms with Crippen LogP contribution in [0.5, 0.6) is 0 Å². The second-order valence-corrected chi connectivity index (χ2v) is 7.77. The quantitative estimate of drug-likeness (QED) is 0.825. The van der Waals surface area contributed by atoms with Crippen molar-refractivity contribution in [1.29, 1.82) is 0 Å². The molecule has 1 fully saturated rings. The number of benzene rings is 1. The summed E-state index contributed by atoms with van der Waals surface area (Å²) in [6.07, 6.45) is 7.21. The summed E-state index contributed by atoms with van der Waals surface area (Å²) in [6.45, 7) is 5.22. The zero-order valence-electron chi connectivity index (χ0n) is 13.4. The molecular weight excluding hydrogens is 278 g/mol. The van der Waals surface area contributed by atoms with Crippen LogP contribution in [0.3, 0.4) is 0 Å². The van der Waals surface area contributed by atoms with Crippen LogP contribution in [0.4, 0.5) is 0 Å². The van der Waals surface area contributed by atoms with Gasteiger partial charge in [0.15, 0.2) is 0 Å². The number of hydrogen-bond donors (Lipinski definition) is 1.